The molecule has 33 heavy (non-hydrogen) atoms. The van der Waals surface area contributed by atoms with Gasteiger partial charge in [0.05, 0.1) is 0 Å². The highest BCUT2D eigenvalue weighted by Gasteiger charge is 2.31. The van der Waals surface area contributed by atoms with Crippen molar-refractivity contribution in [2.24, 2.45) is 17.8 Å². The molecule has 0 atom stereocenters. The zero-order chi connectivity index (χ0) is 23.4. The van der Waals surface area contributed by atoms with E-state index in [1.165, 1.54) is 70.3 Å². The summed E-state index contributed by atoms with van der Waals surface area (Å²) in [6, 6.07) is 6.63. The Morgan fingerprint density at radius 2 is 1.30 bits per heavy atom. The first kappa shape index (κ1) is 24.3. The van der Waals surface area contributed by atoms with Crippen molar-refractivity contribution in [1.82, 2.24) is 0 Å². The summed E-state index contributed by atoms with van der Waals surface area (Å²) in [6.07, 6.45) is 15.5. The van der Waals surface area contributed by atoms with Crippen LogP contribution in [-0.2, 0) is 0 Å². The van der Waals surface area contributed by atoms with Gasteiger partial charge in [-0.15, -0.1) is 0 Å². The predicted molar refractivity (Wildman–Crippen MR) is 126 cm³/mol. The Labute approximate surface area is 195 Å². The highest BCUT2D eigenvalue weighted by atomic mass is 19.2. The molecule has 0 amide bonds. The lowest BCUT2D eigenvalue weighted by Crippen LogP contribution is -2.25. The summed E-state index contributed by atoms with van der Waals surface area (Å²) in [7, 11) is 0. The fourth-order valence-corrected chi connectivity index (χ4v) is 6.29. The summed E-state index contributed by atoms with van der Waals surface area (Å²) in [5, 5.41) is 0. The Hall–Kier alpha value is -1.84. The molecular weight excluding hydrogens is 424 g/mol. The molecule has 4 heteroatoms. The molecule has 2 saturated carbocycles. The van der Waals surface area contributed by atoms with Crippen LogP contribution >= 0.6 is 0 Å². The number of hydrogen-bond acceptors (Lipinski definition) is 0. The van der Waals surface area contributed by atoms with Crippen molar-refractivity contribution in [2.45, 2.75) is 89.9 Å². The fraction of sp³-hybridized carbons (Fsp3) is 0.586. The van der Waals surface area contributed by atoms with Crippen LogP contribution in [0, 0.1) is 41.0 Å². The van der Waals surface area contributed by atoms with Crippen molar-refractivity contribution < 1.29 is 17.6 Å². The van der Waals surface area contributed by atoms with Gasteiger partial charge >= 0.3 is 0 Å². The largest absolute Gasteiger partial charge is 0.206 e. The lowest BCUT2D eigenvalue weighted by atomic mass is 9.68. The Balaban J connectivity index is 1.32. The number of unbranched alkanes of at least 4 members (excludes halogenated alkanes) is 2. The van der Waals surface area contributed by atoms with Crippen molar-refractivity contribution in [3.63, 3.8) is 0 Å². The molecule has 0 heterocycles. The van der Waals surface area contributed by atoms with Crippen LogP contribution in [0.1, 0.15) is 95.5 Å². The molecule has 2 fully saturated rings. The van der Waals surface area contributed by atoms with Gasteiger partial charge in [-0.05, 0) is 91.5 Å². The Morgan fingerprint density at radius 1 is 0.697 bits per heavy atom. The third kappa shape index (κ3) is 5.81. The maximum atomic E-state index is 14.8. The van der Waals surface area contributed by atoms with Gasteiger partial charge in [0.2, 0.25) is 0 Å². The van der Waals surface area contributed by atoms with E-state index in [0.717, 1.165) is 48.3 Å². The van der Waals surface area contributed by atoms with E-state index in [2.05, 4.69) is 6.92 Å². The quantitative estimate of drug-likeness (QED) is 0.219. The maximum absolute atomic E-state index is 14.8. The van der Waals surface area contributed by atoms with Gasteiger partial charge in [-0.3, -0.25) is 0 Å². The average Bonchev–Trinajstić information content (AvgIpc) is 2.83. The van der Waals surface area contributed by atoms with Gasteiger partial charge in [-0.2, -0.15) is 0 Å². The zero-order valence-corrected chi connectivity index (χ0v) is 19.7. The third-order valence-corrected chi connectivity index (χ3v) is 8.31. The summed E-state index contributed by atoms with van der Waals surface area (Å²) in [5.74, 6) is -1.73. The number of halogens is 4. The van der Waals surface area contributed by atoms with Crippen molar-refractivity contribution in [2.75, 3.05) is 0 Å². The van der Waals surface area contributed by atoms with Crippen LogP contribution in [0.4, 0.5) is 17.6 Å². The molecule has 180 valence electrons. The number of hydrogen-bond donors (Lipinski definition) is 0. The highest BCUT2D eigenvalue weighted by molar-refractivity contribution is 5.65. The van der Waals surface area contributed by atoms with Gasteiger partial charge in [0.25, 0.3) is 0 Å². The monoisotopic (exact) mass is 460 g/mol. The van der Waals surface area contributed by atoms with Crippen molar-refractivity contribution in [3.8, 4) is 11.1 Å². The minimum Gasteiger partial charge on any atom is -0.206 e. The van der Waals surface area contributed by atoms with Gasteiger partial charge < -0.3 is 0 Å². The van der Waals surface area contributed by atoms with Crippen LogP contribution in [0.15, 0.2) is 30.3 Å². The number of rotatable bonds is 7. The molecule has 2 aromatic carbocycles. The van der Waals surface area contributed by atoms with E-state index in [1.54, 1.807) is 6.07 Å². The zero-order valence-electron chi connectivity index (χ0n) is 19.7. The van der Waals surface area contributed by atoms with E-state index in [1.807, 2.05) is 6.07 Å². The minimum atomic E-state index is -1.53. The van der Waals surface area contributed by atoms with Gasteiger partial charge in [-0.1, -0.05) is 57.6 Å². The fourth-order valence-electron chi connectivity index (χ4n) is 6.29. The first-order chi connectivity index (χ1) is 16.0. The van der Waals surface area contributed by atoms with Crippen LogP contribution < -0.4 is 0 Å². The normalized spacial score (nSPS) is 25.8. The molecule has 4 rings (SSSR count). The van der Waals surface area contributed by atoms with E-state index in [0.29, 0.717) is 5.92 Å². The standard InChI is InChI=1S/C29H36F4/c1-2-3-4-5-19-6-8-20(9-7-19)21-10-12-22(13-11-21)23-14-15-25(26(30)16-23)24-17-27(31)29(33)28(32)18-24/h14-22H,2-13H2,1H3. The molecule has 0 unspecified atom stereocenters. The molecule has 2 aromatic rings. The predicted octanol–water partition coefficient (Wildman–Crippen LogP) is 9.57. The van der Waals surface area contributed by atoms with Crippen molar-refractivity contribution >= 4 is 0 Å². The molecule has 0 bridgehead atoms. The van der Waals surface area contributed by atoms with Gasteiger partial charge in [0.15, 0.2) is 17.5 Å². The van der Waals surface area contributed by atoms with E-state index in [9.17, 15) is 17.6 Å². The van der Waals surface area contributed by atoms with E-state index >= 15 is 0 Å². The lowest BCUT2D eigenvalue weighted by Gasteiger charge is -2.38. The summed E-state index contributed by atoms with van der Waals surface area (Å²) < 4.78 is 55.2. The molecule has 0 aliphatic heterocycles. The molecule has 0 aromatic heterocycles. The maximum Gasteiger partial charge on any atom is 0.194 e. The summed E-state index contributed by atoms with van der Waals surface area (Å²) in [4.78, 5) is 0. The van der Waals surface area contributed by atoms with Gasteiger partial charge in [0, 0.05) is 5.56 Å². The SMILES string of the molecule is CCCCCC1CCC(C2CCC(c3ccc(-c4cc(F)c(F)c(F)c4)c(F)c3)CC2)CC1. The van der Waals surface area contributed by atoms with Gasteiger partial charge in [-0.25, -0.2) is 17.6 Å². The molecule has 0 saturated heterocycles. The highest BCUT2D eigenvalue weighted by Crippen LogP contribution is 2.45. The lowest BCUT2D eigenvalue weighted by molar-refractivity contribution is 0.155. The van der Waals surface area contributed by atoms with Crippen LogP contribution in [0.25, 0.3) is 11.1 Å². The van der Waals surface area contributed by atoms with Crippen LogP contribution in [0.2, 0.25) is 0 Å². The van der Waals surface area contributed by atoms with Gasteiger partial charge in [0.1, 0.15) is 5.82 Å². The van der Waals surface area contributed by atoms with E-state index < -0.39 is 23.3 Å². The topological polar surface area (TPSA) is 0 Å². The molecule has 2 aliphatic rings. The molecular formula is C29H36F4. The Morgan fingerprint density at radius 3 is 1.88 bits per heavy atom. The first-order valence-corrected chi connectivity index (χ1v) is 12.9. The van der Waals surface area contributed by atoms with E-state index in [-0.39, 0.29) is 11.1 Å². The number of benzene rings is 2. The second-order valence-corrected chi connectivity index (χ2v) is 10.4. The molecule has 2 aliphatic carbocycles. The Bertz CT molecular complexity index is 898. The molecule has 0 spiro atoms. The van der Waals surface area contributed by atoms with Crippen molar-refractivity contribution in [1.29, 1.82) is 0 Å². The third-order valence-electron chi connectivity index (χ3n) is 8.31. The smallest absolute Gasteiger partial charge is 0.194 e. The van der Waals surface area contributed by atoms with Crippen LogP contribution in [0.5, 0.6) is 0 Å². The van der Waals surface area contributed by atoms with E-state index in [4.69, 9.17) is 0 Å². The second kappa shape index (κ2) is 11.1. The molecule has 0 N–H and O–H groups in total. The van der Waals surface area contributed by atoms with Crippen LogP contribution in [-0.4, -0.2) is 0 Å². The summed E-state index contributed by atoms with van der Waals surface area (Å²) in [5.41, 5.74) is 1.07. The molecule has 0 radical (unpaired) electrons. The Kier molecular flexibility index (Phi) is 8.14. The first-order valence-electron chi connectivity index (χ1n) is 12.9. The molecule has 0 nitrogen and oxygen atoms in total. The average molecular weight is 461 g/mol. The summed E-state index contributed by atoms with van der Waals surface area (Å²) >= 11 is 0. The van der Waals surface area contributed by atoms with Crippen LogP contribution in [0.3, 0.4) is 0 Å². The minimum absolute atomic E-state index is 0.0180. The second-order valence-electron chi connectivity index (χ2n) is 10.4. The summed E-state index contributed by atoms with van der Waals surface area (Å²) in [6.45, 7) is 2.27. The van der Waals surface area contributed by atoms with Crippen molar-refractivity contribution in [3.05, 3.63) is 59.2 Å².